The SMILES string of the molecule is Cc1c(/C=N\NC(=O)[C@@H](CC(C)C)NC(=O)[C@@H](C)Oc2ccc(Cl)cc2Cl)c2ccccc2n1Cc1ccc(F)cc1. The van der Waals surface area contributed by atoms with Crippen LogP contribution in [0.2, 0.25) is 10.0 Å². The lowest BCUT2D eigenvalue weighted by molar-refractivity contribution is -0.132. The van der Waals surface area contributed by atoms with Crippen LogP contribution in [0.4, 0.5) is 4.39 Å². The van der Waals surface area contributed by atoms with Crippen LogP contribution in [0.15, 0.2) is 71.8 Å². The van der Waals surface area contributed by atoms with Crippen molar-refractivity contribution in [1.29, 1.82) is 0 Å². The largest absolute Gasteiger partial charge is 0.479 e. The van der Waals surface area contributed by atoms with E-state index >= 15 is 0 Å². The Balaban J connectivity index is 1.47. The standard InChI is InChI=1S/C32H33Cl2FN4O3/c1-19(2)15-28(37-31(40)21(4)42-30-14-11-23(33)16-27(30)34)32(41)38-36-17-26-20(3)39(29-8-6-5-7-25(26)29)18-22-9-12-24(35)13-10-22/h5-14,16-17,19,21,28H,15,18H2,1-4H3,(H,37,40)(H,38,41)/b36-17-/t21-,28-/m1/s1. The number of amides is 2. The van der Waals surface area contributed by atoms with Gasteiger partial charge in [-0.3, -0.25) is 9.59 Å². The molecular weight excluding hydrogens is 578 g/mol. The number of carbonyl (C=O) groups excluding carboxylic acids is 2. The molecule has 0 saturated heterocycles. The molecule has 1 heterocycles. The first-order valence-electron chi connectivity index (χ1n) is 13.6. The van der Waals surface area contributed by atoms with Crippen molar-refractivity contribution >= 4 is 52.1 Å². The van der Waals surface area contributed by atoms with Crippen LogP contribution in [0.5, 0.6) is 5.75 Å². The van der Waals surface area contributed by atoms with Crippen molar-refractivity contribution in [2.24, 2.45) is 11.0 Å². The second kappa shape index (κ2) is 13.9. The van der Waals surface area contributed by atoms with Crippen molar-refractivity contribution in [2.45, 2.75) is 52.8 Å². The highest BCUT2D eigenvalue weighted by atomic mass is 35.5. The van der Waals surface area contributed by atoms with Gasteiger partial charge in [-0.25, -0.2) is 9.82 Å². The van der Waals surface area contributed by atoms with Gasteiger partial charge in [-0.05, 0) is 68.1 Å². The van der Waals surface area contributed by atoms with E-state index in [4.69, 9.17) is 27.9 Å². The van der Waals surface area contributed by atoms with Crippen LogP contribution in [0, 0.1) is 18.7 Å². The van der Waals surface area contributed by atoms with Gasteiger partial charge in [0.1, 0.15) is 17.6 Å². The van der Waals surface area contributed by atoms with E-state index in [9.17, 15) is 14.0 Å². The molecule has 0 aliphatic carbocycles. The number of aromatic nitrogens is 1. The van der Waals surface area contributed by atoms with Gasteiger partial charge in [0.15, 0.2) is 6.10 Å². The van der Waals surface area contributed by atoms with Crippen LogP contribution in [0.3, 0.4) is 0 Å². The summed E-state index contributed by atoms with van der Waals surface area (Å²) in [6, 6.07) is 18.2. The van der Waals surface area contributed by atoms with Crippen LogP contribution in [-0.4, -0.2) is 34.7 Å². The molecule has 3 aromatic carbocycles. The van der Waals surface area contributed by atoms with Crippen LogP contribution in [0.25, 0.3) is 10.9 Å². The molecule has 0 bridgehead atoms. The van der Waals surface area contributed by atoms with E-state index in [1.165, 1.54) is 18.2 Å². The van der Waals surface area contributed by atoms with E-state index in [1.807, 2.05) is 45.0 Å². The fourth-order valence-corrected chi connectivity index (χ4v) is 5.09. The molecule has 0 radical (unpaired) electrons. The Labute approximate surface area is 254 Å². The molecule has 2 N–H and O–H groups in total. The Morgan fingerprint density at radius 1 is 1.02 bits per heavy atom. The van der Waals surface area contributed by atoms with Gasteiger partial charge in [0.05, 0.1) is 11.2 Å². The Morgan fingerprint density at radius 3 is 2.43 bits per heavy atom. The summed E-state index contributed by atoms with van der Waals surface area (Å²) in [5.74, 6) is -0.759. The number of hydrogen-bond donors (Lipinski definition) is 2. The van der Waals surface area contributed by atoms with Crippen LogP contribution in [0.1, 0.15) is 44.0 Å². The van der Waals surface area contributed by atoms with Crippen LogP contribution in [-0.2, 0) is 16.1 Å². The first-order chi connectivity index (χ1) is 20.0. The summed E-state index contributed by atoms with van der Waals surface area (Å²) in [4.78, 5) is 26.1. The number of para-hydroxylation sites is 1. The lowest BCUT2D eigenvalue weighted by Crippen LogP contribution is -2.49. The fraction of sp³-hybridized carbons (Fsp3) is 0.281. The smallest absolute Gasteiger partial charge is 0.262 e. The Morgan fingerprint density at radius 2 is 1.74 bits per heavy atom. The number of benzene rings is 3. The van der Waals surface area contributed by atoms with Crippen LogP contribution >= 0.6 is 23.2 Å². The summed E-state index contributed by atoms with van der Waals surface area (Å²) in [7, 11) is 0. The van der Waals surface area contributed by atoms with E-state index in [0.717, 1.165) is 27.7 Å². The Kier molecular flexibility index (Phi) is 10.2. The Bertz CT molecular complexity index is 1600. The molecule has 1 aromatic heterocycles. The highest BCUT2D eigenvalue weighted by Gasteiger charge is 2.25. The number of nitrogens with one attached hydrogen (secondary N) is 2. The number of nitrogens with zero attached hydrogens (tertiary/aromatic N) is 2. The van der Waals surface area contributed by atoms with Crippen molar-refractivity contribution in [3.8, 4) is 5.75 Å². The van der Waals surface area contributed by atoms with Gasteiger partial charge in [0, 0.05) is 33.7 Å². The molecule has 0 aliphatic heterocycles. The lowest BCUT2D eigenvalue weighted by atomic mass is 10.0. The van der Waals surface area contributed by atoms with Crippen LogP contribution < -0.4 is 15.5 Å². The van der Waals surface area contributed by atoms with Crippen molar-refractivity contribution in [2.75, 3.05) is 0 Å². The number of halogens is 3. The highest BCUT2D eigenvalue weighted by Crippen LogP contribution is 2.28. The number of rotatable bonds is 11. The molecule has 4 aromatic rings. The predicted octanol–water partition coefficient (Wildman–Crippen LogP) is 6.89. The van der Waals surface area contributed by atoms with Gasteiger partial charge in [0.2, 0.25) is 0 Å². The molecule has 4 rings (SSSR count). The van der Waals surface area contributed by atoms with Gasteiger partial charge in [-0.15, -0.1) is 0 Å². The van der Waals surface area contributed by atoms with Gasteiger partial charge >= 0.3 is 0 Å². The number of hydrogen-bond acceptors (Lipinski definition) is 4. The first kappa shape index (κ1) is 31.1. The number of fused-ring (bicyclic) bond motifs is 1. The topological polar surface area (TPSA) is 84.7 Å². The maximum atomic E-state index is 13.4. The summed E-state index contributed by atoms with van der Waals surface area (Å²) in [6.07, 6.45) is 1.10. The summed E-state index contributed by atoms with van der Waals surface area (Å²) < 4.78 is 21.3. The van der Waals surface area contributed by atoms with Crippen molar-refractivity contribution in [3.63, 3.8) is 0 Å². The monoisotopic (exact) mass is 610 g/mol. The highest BCUT2D eigenvalue weighted by molar-refractivity contribution is 6.35. The van der Waals surface area contributed by atoms with Crippen molar-refractivity contribution in [1.82, 2.24) is 15.3 Å². The molecule has 2 atom stereocenters. The molecular formula is C32H33Cl2FN4O3. The second-order valence-electron chi connectivity index (χ2n) is 10.5. The maximum Gasteiger partial charge on any atom is 0.262 e. The maximum absolute atomic E-state index is 13.4. The normalized spacial score (nSPS) is 13.0. The Hall–Kier alpha value is -3.88. The molecule has 7 nitrogen and oxygen atoms in total. The first-order valence-corrected chi connectivity index (χ1v) is 14.4. The molecule has 10 heteroatoms. The third kappa shape index (κ3) is 7.69. The van der Waals surface area contributed by atoms with E-state index in [2.05, 4.69) is 20.4 Å². The average Bonchev–Trinajstić information content (AvgIpc) is 3.21. The third-order valence-corrected chi connectivity index (χ3v) is 7.34. The average molecular weight is 612 g/mol. The third-order valence-electron chi connectivity index (χ3n) is 6.81. The van der Waals surface area contributed by atoms with Crippen molar-refractivity contribution in [3.05, 3.63) is 99.4 Å². The molecule has 0 saturated carbocycles. The summed E-state index contributed by atoms with van der Waals surface area (Å²) in [5.41, 5.74) is 6.33. The number of carbonyl (C=O) groups is 2. The van der Waals surface area contributed by atoms with Crippen molar-refractivity contribution < 1.29 is 18.7 Å². The molecule has 2 amide bonds. The van der Waals surface area contributed by atoms with E-state index in [1.54, 1.807) is 37.4 Å². The number of ether oxygens (including phenoxy) is 1. The predicted molar refractivity (Wildman–Crippen MR) is 166 cm³/mol. The molecule has 0 unspecified atom stereocenters. The minimum absolute atomic E-state index is 0.124. The van der Waals surface area contributed by atoms with E-state index in [-0.39, 0.29) is 16.8 Å². The van der Waals surface area contributed by atoms with E-state index < -0.39 is 24.0 Å². The van der Waals surface area contributed by atoms with Gasteiger partial charge in [0.25, 0.3) is 11.8 Å². The summed E-state index contributed by atoms with van der Waals surface area (Å²) in [5, 5.41) is 8.72. The van der Waals surface area contributed by atoms with Gasteiger partial charge < -0.3 is 14.6 Å². The lowest BCUT2D eigenvalue weighted by Gasteiger charge is -2.22. The number of hydrazone groups is 1. The fourth-order valence-electron chi connectivity index (χ4n) is 4.64. The quantitative estimate of drug-likeness (QED) is 0.143. The van der Waals surface area contributed by atoms with E-state index in [0.29, 0.717) is 23.7 Å². The molecule has 0 fully saturated rings. The molecule has 0 aliphatic rings. The second-order valence-corrected chi connectivity index (χ2v) is 11.3. The summed E-state index contributed by atoms with van der Waals surface area (Å²) >= 11 is 12.1. The van der Waals surface area contributed by atoms with Gasteiger partial charge in [-0.1, -0.05) is 67.4 Å². The minimum atomic E-state index is -0.912. The zero-order valence-corrected chi connectivity index (χ0v) is 25.3. The zero-order valence-electron chi connectivity index (χ0n) is 23.8. The molecule has 0 spiro atoms. The minimum Gasteiger partial charge on any atom is -0.479 e. The molecule has 220 valence electrons. The summed E-state index contributed by atoms with van der Waals surface area (Å²) in [6.45, 7) is 8.03. The van der Waals surface area contributed by atoms with Gasteiger partial charge in [-0.2, -0.15) is 5.10 Å². The zero-order chi connectivity index (χ0) is 30.4. The molecule has 42 heavy (non-hydrogen) atoms.